The van der Waals surface area contributed by atoms with Crippen LogP contribution in [0, 0.1) is 27.2 Å². The first-order valence-electron chi connectivity index (χ1n) is 10.6. The Bertz CT molecular complexity index is 1220. The Labute approximate surface area is 200 Å². The molecule has 9 nitrogen and oxygen atoms in total. The molecule has 1 amide bonds. The number of rotatable bonds is 6. The highest BCUT2D eigenvalue weighted by Gasteiger charge is 2.25. The molecule has 0 aromatic heterocycles. The van der Waals surface area contributed by atoms with Gasteiger partial charge in [-0.05, 0) is 43.3 Å². The molecule has 1 heterocycles. The molecule has 1 aliphatic rings. The molecular formula is C24H22N4O5S. The lowest BCUT2D eigenvalue weighted by Gasteiger charge is -2.36. The van der Waals surface area contributed by atoms with Crippen molar-refractivity contribution in [3.8, 4) is 0 Å². The molecular weight excluding hydrogens is 456 g/mol. The smallest absolute Gasteiger partial charge is 0.284 e. The van der Waals surface area contributed by atoms with Gasteiger partial charge in [-0.2, -0.15) is 0 Å². The Morgan fingerprint density at radius 3 is 2.09 bits per heavy atom. The average molecular weight is 479 g/mol. The Hall–Kier alpha value is -3.92. The molecule has 0 spiro atoms. The summed E-state index contributed by atoms with van der Waals surface area (Å²) < 4.78 is 0. The topological polar surface area (TPSA) is 110 Å². The van der Waals surface area contributed by atoms with Gasteiger partial charge in [0.25, 0.3) is 17.3 Å². The molecule has 1 saturated heterocycles. The minimum absolute atomic E-state index is 0.0307. The molecule has 3 aromatic carbocycles. The number of nitro groups is 2. The van der Waals surface area contributed by atoms with E-state index in [0.29, 0.717) is 31.1 Å². The first-order valence-corrected chi connectivity index (χ1v) is 11.4. The molecule has 0 aliphatic carbocycles. The zero-order chi connectivity index (χ0) is 24.2. The number of hydrogen-bond donors (Lipinski definition) is 0. The highest BCUT2D eigenvalue weighted by atomic mass is 32.2. The van der Waals surface area contributed by atoms with Gasteiger partial charge in [-0.25, -0.2) is 0 Å². The summed E-state index contributed by atoms with van der Waals surface area (Å²) >= 11 is 1.29. The second kappa shape index (κ2) is 9.92. The van der Waals surface area contributed by atoms with Crippen LogP contribution in [0.15, 0.2) is 76.5 Å². The second-order valence-electron chi connectivity index (χ2n) is 7.91. The van der Waals surface area contributed by atoms with E-state index in [2.05, 4.69) is 4.90 Å². The summed E-state index contributed by atoms with van der Waals surface area (Å²) in [4.78, 5) is 39.8. The standard InChI is InChI=1S/C24H22N4O5S/c1-17-2-9-21(10-3-17)34-23-11-4-18(16-22(23)28(32)33)24(29)26-14-12-25(13-15-26)19-5-7-20(8-6-19)27(30)31/h2-11,16H,12-15H2,1H3. The molecule has 3 aromatic rings. The molecule has 0 radical (unpaired) electrons. The van der Waals surface area contributed by atoms with Gasteiger partial charge in [-0.15, -0.1) is 0 Å². The summed E-state index contributed by atoms with van der Waals surface area (Å²) in [5.41, 5.74) is 2.17. The Morgan fingerprint density at radius 1 is 0.853 bits per heavy atom. The van der Waals surface area contributed by atoms with E-state index in [1.807, 2.05) is 31.2 Å². The van der Waals surface area contributed by atoms with E-state index in [-0.39, 0.29) is 22.8 Å². The highest BCUT2D eigenvalue weighted by Crippen LogP contribution is 2.35. The van der Waals surface area contributed by atoms with E-state index < -0.39 is 9.85 Å². The van der Waals surface area contributed by atoms with E-state index >= 15 is 0 Å². The van der Waals surface area contributed by atoms with E-state index in [1.54, 1.807) is 29.2 Å². The summed E-state index contributed by atoms with van der Waals surface area (Å²) in [6.07, 6.45) is 0. The molecule has 0 N–H and O–H groups in total. The molecule has 34 heavy (non-hydrogen) atoms. The normalized spacial score (nSPS) is 13.6. The summed E-state index contributed by atoms with van der Waals surface area (Å²) in [5, 5.41) is 22.5. The number of hydrogen-bond acceptors (Lipinski definition) is 7. The fourth-order valence-electron chi connectivity index (χ4n) is 3.75. The van der Waals surface area contributed by atoms with Gasteiger partial charge >= 0.3 is 0 Å². The Balaban J connectivity index is 1.44. The number of piperazine rings is 1. The van der Waals surface area contributed by atoms with Crippen LogP contribution >= 0.6 is 11.8 Å². The van der Waals surface area contributed by atoms with Crippen LogP contribution in [-0.2, 0) is 0 Å². The van der Waals surface area contributed by atoms with Gasteiger partial charge in [0.2, 0.25) is 0 Å². The molecule has 4 rings (SSSR count). The molecule has 0 bridgehead atoms. The molecule has 174 valence electrons. The lowest BCUT2D eigenvalue weighted by atomic mass is 10.1. The van der Waals surface area contributed by atoms with Gasteiger partial charge in [0.05, 0.1) is 14.7 Å². The number of carbonyl (C=O) groups is 1. The highest BCUT2D eigenvalue weighted by molar-refractivity contribution is 7.99. The van der Waals surface area contributed by atoms with Crippen LogP contribution in [0.3, 0.4) is 0 Å². The third kappa shape index (κ3) is 5.18. The van der Waals surface area contributed by atoms with Crippen molar-refractivity contribution >= 4 is 34.7 Å². The first-order chi connectivity index (χ1) is 16.3. The fourth-order valence-corrected chi connectivity index (χ4v) is 4.65. The van der Waals surface area contributed by atoms with E-state index in [0.717, 1.165) is 16.1 Å². The van der Waals surface area contributed by atoms with Crippen molar-refractivity contribution < 1.29 is 14.6 Å². The van der Waals surface area contributed by atoms with Crippen LogP contribution in [0.2, 0.25) is 0 Å². The van der Waals surface area contributed by atoms with Gasteiger partial charge in [0, 0.05) is 60.5 Å². The lowest BCUT2D eigenvalue weighted by molar-refractivity contribution is -0.387. The predicted molar refractivity (Wildman–Crippen MR) is 130 cm³/mol. The molecule has 0 atom stereocenters. The summed E-state index contributed by atoms with van der Waals surface area (Å²) in [6, 6.07) is 18.6. The largest absolute Gasteiger partial charge is 0.368 e. The minimum Gasteiger partial charge on any atom is -0.368 e. The van der Waals surface area contributed by atoms with Gasteiger partial charge < -0.3 is 9.80 Å². The maximum Gasteiger partial charge on any atom is 0.284 e. The SMILES string of the molecule is Cc1ccc(Sc2ccc(C(=O)N3CCN(c4ccc([N+](=O)[O-])cc4)CC3)cc2[N+](=O)[O-])cc1. The third-order valence-electron chi connectivity index (χ3n) is 5.64. The molecule has 10 heteroatoms. The van der Waals surface area contributed by atoms with Gasteiger partial charge in [0.15, 0.2) is 0 Å². The number of nitro benzene ring substituents is 2. The summed E-state index contributed by atoms with van der Waals surface area (Å²) in [5.74, 6) is -0.252. The van der Waals surface area contributed by atoms with Crippen molar-refractivity contribution in [2.75, 3.05) is 31.1 Å². The fraction of sp³-hybridized carbons (Fsp3) is 0.208. The molecule has 0 unspecified atom stereocenters. The maximum absolute atomic E-state index is 13.0. The van der Waals surface area contributed by atoms with Crippen LogP contribution in [0.4, 0.5) is 17.1 Å². The summed E-state index contributed by atoms with van der Waals surface area (Å²) in [6.45, 7) is 4.00. The van der Waals surface area contributed by atoms with Crippen molar-refractivity contribution in [3.63, 3.8) is 0 Å². The van der Waals surface area contributed by atoms with Crippen LogP contribution in [0.25, 0.3) is 0 Å². The zero-order valence-corrected chi connectivity index (χ0v) is 19.2. The Kier molecular flexibility index (Phi) is 6.78. The quantitative estimate of drug-likeness (QED) is 0.365. The molecule has 0 saturated carbocycles. The zero-order valence-electron chi connectivity index (χ0n) is 18.4. The summed E-state index contributed by atoms with van der Waals surface area (Å²) in [7, 11) is 0. The van der Waals surface area contributed by atoms with E-state index in [1.165, 1.54) is 30.0 Å². The lowest BCUT2D eigenvalue weighted by Crippen LogP contribution is -2.48. The van der Waals surface area contributed by atoms with Crippen LogP contribution in [-0.4, -0.2) is 46.8 Å². The van der Waals surface area contributed by atoms with Gasteiger partial charge in [0.1, 0.15) is 0 Å². The van der Waals surface area contributed by atoms with Crippen LogP contribution in [0.5, 0.6) is 0 Å². The number of aryl methyl sites for hydroxylation is 1. The van der Waals surface area contributed by atoms with Crippen LogP contribution in [0.1, 0.15) is 15.9 Å². The number of non-ortho nitro benzene ring substituents is 1. The van der Waals surface area contributed by atoms with Crippen molar-refractivity contribution in [3.05, 3.63) is 98.1 Å². The maximum atomic E-state index is 13.0. The molecule has 1 aliphatic heterocycles. The van der Waals surface area contributed by atoms with E-state index in [4.69, 9.17) is 0 Å². The number of benzene rings is 3. The number of amides is 1. The van der Waals surface area contributed by atoms with Crippen molar-refractivity contribution in [2.24, 2.45) is 0 Å². The van der Waals surface area contributed by atoms with E-state index in [9.17, 15) is 25.0 Å². The minimum atomic E-state index is -0.458. The van der Waals surface area contributed by atoms with Crippen molar-refractivity contribution in [2.45, 2.75) is 16.7 Å². The first kappa shape index (κ1) is 23.2. The van der Waals surface area contributed by atoms with Gasteiger partial charge in [-0.1, -0.05) is 29.5 Å². The number of nitrogens with zero attached hydrogens (tertiary/aromatic N) is 4. The number of carbonyl (C=O) groups excluding carboxylic acids is 1. The molecule has 1 fully saturated rings. The monoisotopic (exact) mass is 478 g/mol. The van der Waals surface area contributed by atoms with Crippen molar-refractivity contribution in [1.82, 2.24) is 4.90 Å². The van der Waals surface area contributed by atoms with Crippen LogP contribution < -0.4 is 4.90 Å². The van der Waals surface area contributed by atoms with Crippen molar-refractivity contribution in [1.29, 1.82) is 0 Å². The number of anilines is 1. The van der Waals surface area contributed by atoms with Gasteiger partial charge in [-0.3, -0.25) is 25.0 Å². The Morgan fingerprint density at radius 2 is 1.50 bits per heavy atom. The predicted octanol–water partition coefficient (Wildman–Crippen LogP) is 4.93. The second-order valence-corrected chi connectivity index (χ2v) is 9.02. The average Bonchev–Trinajstić information content (AvgIpc) is 2.85. The third-order valence-corrected chi connectivity index (χ3v) is 6.72.